The van der Waals surface area contributed by atoms with Crippen molar-refractivity contribution in [2.24, 2.45) is 0 Å². The van der Waals surface area contributed by atoms with Crippen LogP contribution in [0.4, 0.5) is 5.69 Å². The maximum absolute atomic E-state index is 12.3. The first-order valence-corrected chi connectivity index (χ1v) is 7.88. The monoisotopic (exact) mass is 286 g/mol. The number of amides is 1. The molecule has 1 aromatic carbocycles. The number of carbonyl (C=O) groups excluding carboxylic acids is 1. The Morgan fingerprint density at radius 1 is 1.40 bits per heavy atom. The summed E-state index contributed by atoms with van der Waals surface area (Å²) in [5, 5.41) is 10.5. The van der Waals surface area contributed by atoms with Gasteiger partial charge >= 0.3 is 0 Å². The summed E-state index contributed by atoms with van der Waals surface area (Å²) in [6.07, 6.45) is 2.17. The summed E-state index contributed by atoms with van der Waals surface area (Å²) in [6.45, 7) is 3.04. The fourth-order valence-electron chi connectivity index (χ4n) is 2.50. The third-order valence-corrected chi connectivity index (χ3v) is 4.40. The fourth-order valence-corrected chi connectivity index (χ4v) is 3.25. The molecule has 0 aliphatic carbocycles. The zero-order valence-corrected chi connectivity index (χ0v) is 12.3. The molecular formula is C16H18N2OS. The SMILES string of the molecule is CC(NC(=O)c1ccc2c(c1)CCCN2)c1ccsc1. The molecule has 0 saturated carbocycles. The van der Waals surface area contributed by atoms with Gasteiger partial charge in [-0.25, -0.2) is 0 Å². The number of hydrogen-bond acceptors (Lipinski definition) is 3. The van der Waals surface area contributed by atoms with Crippen LogP contribution in [0.1, 0.15) is 40.9 Å². The van der Waals surface area contributed by atoms with E-state index in [4.69, 9.17) is 0 Å². The van der Waals surface area contributed by atoms with Crippen molar-refractivity contribution >= 4 is 22.9 Å². The van der Waals surface area contributed by atoms with Crippen LogP contribution in [0.25, 0.3) is 0 Å². The quantitative estimate of drug-likeness (QED) is 0.905. The molecule has 2 heterocycles. The third-order valence-electron chi connectivity index (χ3n) is 3.70. The molecule has 4 heteroatoms. The lowest BCUT2D eigenvalue weighted by atomic mass is 10.0. The van der Waals surface area contributed by atoms with Gasteiger partial charge in [0.2, 0.25) is 0 Å². The highest BCUT2D eigenvalue weighted by atomic mass is 32.1. The van der Waals surface area contributed by atoms with Gasteiger partial charge in [-0.05, 0) is 65.9 Å². The first-order valence-electron chi connectivity index (χ1n) is 6.94. The number of aryl methyl sites for hydroxylation is 1. The van der Waals surface area contributed by atoms with Crippen LogP contribution < -0.4 is 10.6 Å². The van der Waals surface area contributed by atoms with Gasteiger partial charge < -0.3 is 10.6 Å². The first-order chi connectivity index (χ1) is 9.74. The van der Waals surface area contributed by atoms with Crippen LogP contribution in [0.3, 0.4) is 0 Å². The maximum Gasteiger partial charge on any atom is 0.251 e. The second-order valence-electron chi connectivity index (χ2n) is 5.15. The zero-order valence-electron chi connectivity index (χ0n) is 11.5. The highest BCUT2D eigenvalue weighted by Gasteiger charge is 2.15. The van der Waals surface area contributed by atoms with Crippen molar-refractivity contribution in [3.63, 3.8) is 0 Å². The van der Waals surface area contributed by atoms with Crippen molar-refractivity contribution in [2.75, 3.05) is 11.9 Å². The number of benzene rings is 1. The van der Waals surface area contributed by atoms with Crippen LogP contribution in [0.2, 0.25) is 0 Å². The molecule has 104 valence electrons. The smallest absolute Gasteiger partial charge is 0.251 e. The van der Waals surface area contributed by atoms with Crippen molar-refractivity contribution in [1.29, 1.82) is 0 Å². The minimum atomic E-state index is -0.00271. The van der Waals surface area contributed by atoms with Crippen LogP contribution in [-0.4, -0.2) is 12.5 Å². The molecule has 0 fully saturated rings. The van der Waals surface area contributed by atoms with Gasteiger partial charge in [0.1, 0.15) is 0 Å². The molecule has 0 spiro atoms. The van der Waals surface area contributed by atoms with Crippen LogP contribution in [0, 0.1) is 0 Å². The van der Waals surface area contributed by atoms with E-state index in [0.717, 1.165) is 30.5 Å². The predicted octanol–water partition coefficient (Wildman–Crippen LogP) is 3.60. The zero-order chi connectivity index (χ0) is 13.9. The number of thiophene rings is 1. The lowest BCUT2D eigenvalue weighted by Gasteiger charge is -2.19. The Bertz CT molecular complexity index is 607. The number of anilines is 1. The highest BCUT2D eigenvalue weighted by molar-refractivity contribution is 7.07. The number of nitrogens with one attached hydrogen (secondary N) is 2. The lowest BCUT2D eigenvalue weighted by Crippen LogP contribution is -2.26. The Kier molecular flexibility index (Phi) is 3.74. The van der Waals surface area contributed by atoms with Gasteiger partial charge in [-0.15, -0.1) is 0 Å². The maximum atomic E-state index is 12.3. The van der Waals surface area contributed by atoms with Crippen LogP contribution in [0.5, 0.6) is 0 Å². The Labute approximate surface area is 123 Å². The average Bonchev–Trinajstić information content (AvgIpc) is 3.01. The second kappa shape index (κ2) is 5.67. The predicted molar refractivity (Wildman–Crippen MR) is 83.5 cm³/mol. The topological polar surface area (TPSA) is 41.1 Å². The molecule has 3 rings (SSSR count). The van der Waals surface area contributed by atoms with Crippen LogP contribution in [-0.2, 0) is 6.42 Å². The van der Waals surface area contributed by atoms with Gasteiger partial charge in [-0.1, -0.05) is 0 Å². The summed E-state index contributed by atoms with van der Waals surface area (Å²) in [6, 6.07) is 8.01. The number of carbonyl (C=O) groups is 1. The minimum Gasteiger partial charge on any atom is -0.385 e. The average molecular weight is 286 g/mol. The van der Waals surface area contributed by atoms with Gasteiger partial charge in [0.05, 0.1) is 6.04 Å². The van der Waals surface area contributed by atoms with E-state index in [9.17, 15) is 4.79 Å². The van der Waals surface area contributed by atoms with Crippen molar-refractivity contribution in [3.8, 4) is 0 Å². The molecule has 20 heavy (non-hydrogen) atoms. The van der Waals surface area contributed by atoms with E-state index in [2.05, 4.69) is 16.0 Å². The van der Waals surface area contributed by atoms with Crippen molar-refractivity contribution in [3.05, 3.63) is 51.7 Å². The van der Waals surface area contributed by atoms with Crippen molar-refractivity contribution in [2.45, 2.75) is 25.8 Å². The normalized spacial score (nSPS) is 15.1. The van der Waals surface area contributed by atoms with Crippen LogP contribution in [0.15, 0.2) is 35.0 Å². The van der Waals surface area contributed by atoms with E-state index in [1.807, 2.05) is 36.6 Å². The molecule has 1 aliphatic heterocycles. The van der Waals surface area contributed by atoms with Crippen molar-refractivity contribution in [1.82, 2.24) is 5.32 Å². The summed E-state index contributed by atoms with van der Waals surface area (Å²) >= 11 is 1.65. The standard InChI is InChI=1S/C16H18N2OS/c1-11(14-6-8-20-10-14)18-16(19)13-4-5-15-12(9-13)3-2-7-17-15/h4-6,8-11,17H,2-3,7H2,1H3,(H,18,19). The molecule has 0 bridgehead atoms. The Balaban J connectivity index is 1.74. The van der Waals surface area contributed by atoms with Crippen molar-refractivity contribution < 1.29 is 4.79 Å². The van der Waals surface area contributed by atoms with Crippen LogP contribution >= 0.6 is 11.3 Å². The molecule has 1 aromatic heterocycles. The number of fused-ring (bicyclic) bond motifs is 1. The Morgan fingerprint density at radius 3 is 3.10 bits per heavy atom. The lowest BCUT2D eigenvalue weighted by molar-refractivity contribution is 0.0940. The van der Waals surface area contributed by atoms with Gasteiger partial charge in [0, 0.05) is 17.8 Å². The largest absolute Gasteiger partial charge is 0.385 e. The van der Waals surface area contributed by atoms with E-state index >= 15 is 0 Å². The van der Waals surface area contributed by atoms with Gasteiger partial charge in [-0.2, -0.15) is 11.3 Å². The van der Waals surface area contributed by atoms with Gasteiger partial charge in [0.15, 0.2) is 0 Å². The summed E-state index contributed by atoms with van der Waals surface area (Å²) in [7, 11) is 0. The van der Waals surface area contributed by atoms with E-state index in [-0.39, 0.29) is 11.9 Å². The second-order valence-corrected chi connectivity index (χ2v) is 5.93. The molecule has 3 nitrogen and oxygen atoms in total. The summed E-state index contributed by atoms with van der Waals surface area (Å²) < 4.78 is 0. The highest BCUT2D eigenvalue weighted by Crippen LogP contribution is 2.23. The Hall–Kier alpha value is -1.81. The first kappa shape index (κ1) is 13.2. The Morgan fingerprint density at radius 2 is 2.30 bits per heavy atom. The summed E-state index contributed by atoms with van der Waals surface area (Å²) in [4.78, 5) is 12.3. The number of rotatable bonds is 3. The molecule has 1 amide bonds. The molecule has 1 unspecified atom stereocenters. The summed E-state index contributed by atoms with van der Waals surface area (Å²) in [5.41, 5.74) is 4.31. The van der Waals surface area contributed by atoms with Gasteiger partial charge in [-0.3, -0.25) is 4.79 Å². The minimum absolute atomic E-state index is 0.00271. The third kappa shape index (κ3) is 2.70. The number of hydrogen-bond donors (Lipinski definition) is 2. The molecule has 1 aliphatic rings. The molecule has 0 radical (unpaired) electrons. The molecule has 0 saturated heterocycles. The van der Waals surface area contributed by atoms with E-state index in [1.165, 1.54) is 11.3 Å². The molecule has 2 N–H and O–H groups in total. The van der Waals surface area contributed by atoms with E-state index in [0.29, 0.717) is 0 Å². The van der Waals surface area contributed by atoms with E-state index < -0.39 is 0 Å². The van der Waals surface area contributed by atoms with E-state index in [1.54, 1.807) is 11.3 Å². The molecule has 1 atom stereocenters. The molecule has 2 aromatic rings. The summed E-state index contributed by atoms with van der Waals surface area (Å²) in [5.74, 6) is -0.00271. The van der Waals surface area contributed by atoms with Gasteiger partial charge in [0.25, 0.3) is 5.91 Å². The fraction of sp³-hybridized carbons (Fsp3) is 0.312. The molecular weight excluding hydrogens is 268 g/mol.